The predicted octanol–water partition coefficient (Wildman–Crippen LogP) is 0.679. The van der Waals surface area contributed by atoms with E-state index in [0.29, 0.717) is 0 Å². The van der Waals surface area contributed by atoms with E-state index in [-0.39, 0.29) is 0 Å². The Morgan fingerprint density at radius 3 is 2.62 bits per heavy atom. The second-order valence-corrected chi connectivity index (χ2v) is 4.44. The lowest BCUT2D eigenvalue weighted by atomic mass is 10.2. The highest BCUT2D eigenvalue weighted by Crippen LogP contribution is 2.19. The smallest absolute Gasteiger partial charge is 0.326 e. The van der Waals surface area contributed by atoms with E-state index in [1.165, 1.54) is 25.3 Å². The van der Waals surface area contributed by atoms with Crippen LogP contribution in [0.4, 0.5) is 0 Å². The Labute approximate surface area is 97.5 Å². The first-order chi connectivity index (χ1) is 7.45. The van der Waals surface area contributed by atoms with E-state index in [1.54, 1.807) is 12.1 Å². The summed E-state index contributed by atoms with van der Waals surface area (Å²) in [5.74, 6) is -1.44. The van der Waals surface area contributed by atoms with Crippen molar-refractivity contribution in [2.45, 2.75) is 19.0 Å². The van der Waals surface area contributed by atoms with Gasteiger partial charge in [-0.3, -0.25) is 4.79 Å². The number of likely N-dealkylation sites (N-methyl/N-ethyl adjacent to an activating group) is 1. The summed E-state index contributed by atoms with van der Waals surface area (Å²) in [4.78, 5) is 24.4. The third-order valence-corrected chi connectivity index (χ3v) is 3.36. The van der Waals surface area contributed by atoms with Crippen LogP contribution in [0.3, 0.4) is 0 Å². The van der Waals surface area contributed by atoms with Gasteiger partial charge in [0, 0.05) is 11.9 Å². The standard InChI is InChI=1S/C10H14N2O3S/c1-6(10(14)15)12(2)9(13)8(11)7-4-3-5-16-7/h3-6,8H,11H2,1-2H3,(H,14,15). The van der Waals surface area contributed by atoms with Crippen LogP contribution in [0.25, 0.3) is 0 Å². The Balaban J connectivity index is 2.75. The van der Waals surface area contributed by atoms with Crippen LogP contribution in [0.2, 0.25) is 0 Å². The van der Waals surface area contributed by atoms with Crippen LogP contribution < -0.4 is 5.73 Å². The molecule has 0 fully saturated rings. The molecule has 0 aliphatic carbocycles. The van der Waals surface area contributed by atoms with Crippen molar-refractivity contribution in [3.05, 3.63) is 22.4 Å². The number of carboxylic acids is 1. The lowest BCUT2D eigenvalue weighted by Crippen LogP contribution is -2.44. The van der Waals surface area contributed by atoms with Gasteiger partial charge in [-0.15, -0.1) is 11.3 Å². The molecule has 0 spiro atoms. The molecule has 16 heavy (non-hydrogen) atoms. The van der Waals surface area contributed by atoms with E-state index in [0.717, 1.165) is 9.78 Å². The third kappa shape index (κ3) is 2.59. The fraction of sp³-hybridized carbons (Fsp3) is 0.400. The molecule has 3 N–H and O–H groups in total. The van der Waals surface area contributed by atoms with E-state index in [2.05, 4.69) is 0 Å². The minimum Gasteiger partial charge on any atom is -0.480 e. The minimum absolute atomic E-state index is 0.391. The monoisotopic (exact) mass is 242 g/mol. The average molecular weight is 242 g/mol. The molecule has 0 saturated carbocycles. The highest BCUT2D eigenvalue weighted by atomic mass is 32.1. The molecule has 1 amide bonds. The first-order valence-electron chi connectivity index (χ1n) is 4.73. The first kappa shape index (κ1) is 12.7. The number of carboxylic acid groups (broad SMARTS) is 1. The molecule has 1 aromatic rings. The molecular weight excluding hydrogens is 228 g/mol. The van der Waals surface area contributed by atoms with Crippen LogP contribution in [0.5, 0.6) is 0 Å². The summed E-state index contributed by atoms with van der Waals surface area (Å²) in [7, 11) is 1.44. The zero-order valence-corrected chi connectivity index (χ0v) is 9.90. The Bertz CT molecular complexity index is 377. The first-order valence-corrected chi connectivity index (χ1v) is 5.61. The highest BCUT2D eigenvalue weighted by Gasteiger charge is 2.27. The van der Waals surface area contributed by atoms with Gasteiger partial charge in [-0.25, -0.2) is 4.79 Å². The van der Waals surface area contributed by atoms with E-state index < -0.39 is 24.0 Å². The molecule has 0 aliphatic heterocycles. The molecule has 2 atom stereocenters. The zero-order valence-electron chi connectivity index (χ0n) is 9.08. The number of rotatable bonds is 4. The molecular formula is C10H14N2O3S. The summed E-state index contributed by atoms with van der Waals surface area (Å²) >= 11 is 1.38. The van der Waals surface area contributed by atoms with Gasteiger partial charge in [-0.2, -0.15) is 0 Å². The summed E-state index contributed by atoms with van der Waals surface area (Å²) in [5.41, 5.74) is 5.75. The van der Waals surface area contributed by atoms with E-state index in [9.17, 15) is 9.59 Å². The van der Waals surface area contributed by atoms with Gasteiger partial charge in [-0.1, -0.05) is 6.07 Å². The maximum atomic E-state index is 11.8. The largest absolute Gasteiger partial charge is 0.480 e. The van der Waals surface area contributed by atoms with Gasteiger partial charge in [0.2, 0.25) is 5.91 Å². The van der Waals surface area contributed by atoms with Crippen molar-refractivity contribution in [3.8, 4) is 0 Å². The number of hydrogen-bond donors (Lipinski definition) is 2. The highest BCUT2D eigenvalue weighted by molar-refractivity contribution is 7.10. The van der Waals surface area contributed by atoms with Crippen LogP contribution in [-0.2, 0) is 9.59 Å². The van der Waals surface area contributed by atoms with Crippen LogP contribution in [0.15, 0.2) is 17.5 Å². The fourth-order valence-electron chi connectivity index (χ4n) is 1.17. The second-order valence-electron chi connectivity index (χ2n) is 3.46. The van der Waals surface area contributed by atoms with Crippen molar-refractivity contribution in [1.29, 1.82) is 0 Å². The number of carbonyl (C=O) groups excluding carboxylic acids is 1. The molecule has 0 radical (unpaired) electrons. The molecule has 1 rings (SSSR count). The molecule has 0 bridgehead atoms. The zero-order chi connectivity index (χ0) is 12.3. The van der Waals surface area contributed by atoms with Crippen molar-refractivity contribution >= 4 is 23.2 Å². The third-order valence-electron chi connectivity index (χ3n) is 2.40. The molecule has 0 saturated heterocycles. The van der Waals surface area contributed by atoms with Gasteiger partial charge in [0.15, 0.2) is 0 Å². The van der Waals surface area contributed by atoms with E-state index >= 15 is 0 Å². The van der Waals surface area contributed by atoms with Crippen LogP contribution in [-0.4, -0.2) is 35.0 Å². The number of amides is 1. The van der Waals surface area contributed by atoms with Crippen molar-refractivity contribution in [2.24, 2.45) is 5.73 Å². The number of aliphatic carboxylic acids is 1. The Morgan fingerprint density at radius 1 is 1.56 bits per heavy atom. The van der Waals surface area contributed by atoms with Crippen molar-refractivity contribution in [1.82, 2.24) is 4.90 Å². The summed E-state index contributed by atoms with van der Waals surface area (Å²) in [5, 5.41) is 10.6. The number of nitrogens with zero attached hydrogens (tertiary/aromatic N) is 1. The van der Waals surface area contributed by atoms with Gasteiger partial charge in [0.05, 0.1) is 0 Å². The van der Waals surface area contributed by atoms with Crippen molar-refractivity contribution in [3.63, 3.8) is 0 Å². The summed E-state index contributed by atoms with van der Waals surface area (Å²) in [6, 6.07) is 1.89. The molecule has 5 nitrogen and oxygen atoms in total. The summed E-state index contributed by atoms with van der Waals surface area (Å²) < 4.78 is 0. The second kappa shape index (κ2) is 5.09. The van der Waals surface area contributed by atoms with Gasteiger partial charge in [-0.05, 0) is 18.4 Å². The molecule has 2 unspecified atom stereocenters. The van der Waals surface area contributed by atoms with Gasteiger partial charge in [0.1, 0.15) is 12.1 Å². The van der Waals surface area contributed by atoms with Crippen LogP contribution in [0, 0.1) is 0 Å². The Hall–Kier alpha value is -1.40. The average Bonchev–Trinajstić information content (AvgIpc) is 2.78. The topological polar surface area (TPSA) is 83.6 Å². The summed E-state index contributed by atoms with van der Waals surface area (Å²) in [6.07, 6.45) is 0. The number of carbonyl (C=O) groups is 2. The normalized spacial score (nSPS) is 14.2. The summed E-state index contributed by atoms with van der Waals surface area (Å²) in [6.45, 7) is 1.45. The minimum atomic E-state index is -1.05. The van der Waals surface area contributed by atoms with Crippen LogP contribution in [0.1, 0.15) is 17.8 Å². The SMILES string of the molecule is CC(C(=O)O)N(C)C(=O)C(N)c1cccs1. The van der Waals surface area contributed by atoms with Gasteiger partial charge < -0.3 is 15.7 Å². The van der Waals surface area contributed by atoms with Crippen molar-refractivity contribution in [2.75, 3.05) is 7.05 Å². The Morgan fingerprint density at radius 2 is 2.19 bits per heavy atom. The van der Waals surface area contributed by atoms with Crippen molar-refractivity contribution < 1.29 is 14.7 Å². The Kier molecular flexibility index (Phi) is 4.03. The predicted molar refractivity (Wildman–Crippen MR) is 61.1 cm³/mol. The number of thiophene rings is 1. The molecule has 88 valence electrons. The van der Waals surface area contributed by atoms with Gasteiger partial charge in [0.25, 0.3) is 0 Å². The lowest BCUT2D eigenvalue weighted by molar-refractivity contribution is -0.148. The maximum Gasteiger partial charge on any atom is 0.326 e. The van der Waals surface area contributed by atoms with E-state index in [4.69, 9.17) is 10.8 Å². The quantitative estimate of drug-likeness (QED) is 0.813. The molecule has 1 heterocycles. The van der Waals surface area contributed by atoms with Crippen LogP contribution >= 0.6 is 11.3 Å². The molecule has 1 aromatic heterocycles. The lowest BCUT2D eigenvalue weighted by Gasteiger charge is -2.24. The van der Waals surface area contributed by atoms with E-state index in [1.807, 2.05) is 5.38 Å². The number of hydrogen-bond acceptors (Lipinski definition) is 4. The molecule has 0 aromatic carbocycles. The molecule has 0 aliphatic rings. The number of nitrogens with two attached hydrogens (primary N) is 1. The maximum absolute atomic E-state index is 11.8. The molecule has 6 heteroatoms. The fourth-order valence-corrected chi connectivity index (χ4v) is 1.88. The van der Waals surface area contributed by atoms with Gasteiger partial charge >= 0.3 is 5.97 Å².